The largest absolute Gasteiger partial charge is 0.506 e. The first-order chi connectivity index (χ1) is 11.0. The normalized spacial score (nSPS) is 13.7. The Balaban J connectivity index is 1.86. The number of aromatic hydroxyl groups is 1. The summed E-state index contributed by atoms with van der Waals surface area (Å²) in [7, 11) is 0. The number of rotatable bonds is 4. The molecule has 0 radical (unpaired) electrons. The molecule has 0 amide bonds. The Morgan fingerprint density at radius 3 is 2.65 bits per heavy atom. The topological polar surface area (TPSA) is 71.2 Å². The van der Waals surface area contributed by atoms with Crippen LogP contribution in [-0.4, -0.2) is 25.2 Å². The van der Waals surface area contributed by atoms with Gasteiger partial charge in [-0.05, 0) is 30.7 Å². The summed E-state index contributed by atoms with van der Waals surface area (Å²) in [6, 6.07) is 14.1. The van der Waals surface area contributed by atoms with E-state index in [0.717, 1.165) is 5.56 Å². The number of phenolic OH excluding ortho intramolecular Hbond substituents is 1. The lowest BCUT2D eigenvalue weighted by Crippen LogP contribution is -2.24. The van der Waals surface area contributed by atoms with Gasteiger partial charge in [-0.15, -0.1) is 5.10 Å². The van der Waals surface area contributed by atoms with Gasteiger partial charge in [0.25, 0.3) is 0 Å². The molecule has 0 saturated heterocycles. The molecule has 0 bridgehead atoms. The first-order valence-electron chi connectivity index (χ1n) is 7.14. The number of benzene rings is 2. The molecule has 1 atom stereocenters. The molecule has 1 unspecified atom stereocenters. The summed E-state index contributed by atoms with van der Waals surface area (Å²) in [5.41, 5.74) is 0.798. The van der Waals surface area contributed by atoms with Crippen LogP contribution in [0, 0.1) is 0 Å². The van der Waals surface area contributed by atoms with Crippen LogP contribution >= 0.6 is 11.6 Å². The second kappa shape index (κ2) is 6.02. The highest BCUT2D eigenvalue weighted by Crippen LogP contribution is 2.27. The van der Waals surface area contributed by atoms with Crippen LogP contribution in [0.5, 0.6) is 5.75 Å². The summed E-state index contributed by atoms with van der Waals surface area (Å²) in [6.07, 6.45) is 1.97. The number of halogens is 1. The van der Waals surface area contributed by atoms with Gasteiger partial charge in [-0.1, -0.05) is 47.1 Å². The maximum absolute atomic E-state index is 10.7. The van der Waals surface area contributed by atoms with Crippen molar-refractivity contribution < 1.29 is 10.2 Å². The van der Waals surface area contributed by atoms with Crippen molar-refractivity contribution in [2.24, 2.45) is 0 Å². The fourth-order valence-corrected chi connectivity index (χ4v) is 2.60. The molecule has 2 aromatic carbocycles. The molecule has 1 heterocycles. The van der Waals surface area contributed by atoms with Gasteiger partial charge in [0.05, 0.1) is 17.5 Å². The minimum Gasteiger partial charge on any atom is -0.506 e. The summed E-state index contributed by atoms with van der Waals surface area (Å²) < 4.78 is 1.44. The van der Waals surface area contributed by atoms with E-state index in [4.69, 9.17) is 11.6 Å². The monoisotopic (exact) mass is 329 g/mol. The van der Waals surface area contributed by atoms with Crippen LogP contribution in [-0.2, 0) is 12.0 Å². The lowest BCUT2D eigenvalue weighted by atomic mass is 9.91. The average Bonchev–Trinajstić information content (AvgIpc) is 2.98. The summed E-state index contributed by atoms with van der Waals surface area (Å²) in [4.78, 5) is 0. The summed E-state index contributed by atoms with van der Waals surface area (Å²) in [5.74, 6) is 0.0562. The first-order valence-corrected chi connectivity index (χ1v) is 7.51. The predicted molar refractivity (Wildman–Crippen MR) is 87.8 cm³/mol. The molecule has 5 nitrogen and oxygen atoms in total. The zero-order valence-electron chi connectivity index (χ0n) is 12.5. The molecular weight excluding hydrogens is 314 g/mol. The third kappa shape index (κ3) is 3.36. The molecule has 0 saturated carbocycles. The number of nitrogens with zero attached hydrogens (tertiary/aromatic N) is 3. The van der Waals surface area contributed by atoms with Crippen LogP contribution in [0.3, 0.4) is 0 Å². The number of hydrogen-bond acceptors (Lipinski definition) is 4. The van der Waals surface area contributed by atoms with Gasteiger partial charge >= 0.3 is 0 Å². The van der Waals surface area contributed by atoms with Gasteiger partial charge in [0.15, 0.2) is 0 Å². The van der Waals surface area contributed by atoms with Gasteiger partial charge in [0.1, 0.15) is 11.4 Å². The van der Waals surface area contributed by atoms with E-state index in [-0.39, 0.29) is 5.75 Å². The number of aliphatic hydroxyl groups is 1. The van der Waals surface area contributed by atoms with E-state index in [1.165, 1.54) is 10.7 Å². The Kier molecular flexibility index (Phi) is 4.07. The summed E-state index contributed by atoms with van der Waals surface area (Å²) in [5, 5.41) is 29.1. The van der Waals surface area contributed by atoms with Gasteiger partial charge in [-0.2, -0.15) is 0 Å². The summed E-state index contributed by atoms with van der Waals surface area (Å²) >= 11 is 5.95. The molecule has 6 heteroatoms. The highest BCUT2D eigenvalue weighted by Gasteiger charge is 2.25. The van der Waals surface area contributed by atoms with Crippen molar-refractivity contribution in [2.45, 2.75) is 18.9 Å². The lowest BCUT2D eigenvalue weighted by molar-refractivity contribution is 0.0565. The third-order valence-electron chi connectivity index (χ3n) is 3.65. The molecule has 0 aliphatic carbocycles. The Hall–Kier alpha value is -2.37. The highest BCUT2D eigenvalue weighted by molar-refractivity contribution is 6.30. The fraction of sp³-hybridized carbons (Fsp3) is 0.176. The number of phenols is 1. The molecule has 0 aliphatic rings. The summed E-state index contributed by atoms with van der Waals surface area (Å²) in [6.45, 7) is 1.73. The fourth-order valence-electron chi connectivity index (χ4n) is 2.43. The van der Waals surface area contributed by atoms with Crippen LogP contribution in [0.25, 0.3) is 5.69 Å². The van der Waals surface area contributed by atoms with Crippen molar-refractivity contribution in [1.82, 2.24) is 15.0 Å². The third-order valence-corrected chi connectivity index (χ3v) is 3.88. The number of aromatic nitrogens is 3. The van der Waals surface area contributed by atoms with Crippen LogP contribution < -0.4 is 0 Å². The van der Waals surface area contributed by atoms with Crippen molar-refractivity contribution in [3.05, 3.63) is 71.0 Å². The van der Waals surface area contributed by atoms with E-state index in [1.807, 2.05) is 30.3 Å². The maximum Gasteiger partial charge on any atom is 0.141 e. The van der Waals surface area contributed by atoms with Crippen LogP contribution in [0.15, 0.2) is 54.7 Å². The van der Waals surface area contributed by atoms with Gasteiger partial charge in [0, 0.05) is 11.4 Å². The Labute approximate surface area is 138 Å². The SMILES string of the molecule is CC(O)(Cc1cn(-c2cc(Cl)ccc2O)nn1)c1ccccc1. The smallest absolute Gasteiger partial charge is 0.141 e. The molecule has 3 aromatic rings. The lowest BCUT2D eigenvalue weighted by Gasteiger charge is -2.22. The van der Waals surface area contributed by atoms with Gasteiger partial charge in [0.2, 0.25) is 0 Å². The minimum absolute atomic E-state index is 0.0562. The Morgan fingerprint density at radius 1 is 1.17 bits per heavy atom. The molecule has 1 aromatic heterocycles. The van der Waals surface area contributed by atoms with Crippen molar-refractivity contribution in [3.8, 4) is 11.4 Å². The van der Waals surface area contributed by atoms with Crippen LogP contribution in [0.4, 0.5) is 0 Å². The standard InChI is InChI=1S/C17H16ClN3O2/c1-17(23,12-5-3-2-4-6-12)10-14-11-21(20-19-14)15-9-13(18)7-8-16(15)22/h2-9,11,22-23H,10H2,1H3. The van der Waals surface area contributed by atoms with E-state index in [2.05, 4.69) is 10.3 Å². The molecular formula is C17H16ClN3O2. The Bertz CT molecular complexity index is 816. The molecule has 0 aliphatic heterocycles. The molecule has 23 heavy (non-hydrogen) atoms. The second-order valence-corrected chi connectivity index (χ2v) is 6.04. The number of hydrogen-bond donors (Lipinski definition) is 2. The molecule has 0 spiro atoms. The quantitative estimate of drug-likeness (QED) is 0.771. The average molecular weight is 330 g/mol. The second-order valence-electron chi connectivity index (χ2n) is 5.60. The van der Waals surface area contributed by atoms with Crippen molar-refractivity contribution in [2.75, 3.05) is 0 Å². The predicted octanol–water partition coefficient (Wildman–Crippen LogP) is 3.08. The van der Waals surface area contributed by atoms with Gasteiger partial charge < -0.3 is 10.2 Å². The molecule has 0 fully saturated rings. The first kappa shape index (κ1) is 15.5. The highest BCUT2D eigenvalue weighted by atomic mass is 35.5. The van der Waals surface area contributed by atoms with Crippen LogP contribution in [0.2, 0.25) is 5.02 Å². The molecule has 3 rings (SSSR count). The van der Waals surface area contributed by atoms with E-state index >= 15 is 0 Å². The van der Waals surface area contributed by atoms with E-state index in [1.54, 1.807) is 25.3 Å². The maximum atomic E-state index is 10.7. The molecule has 118 valence electrons. The van der Waals surface area contributed by atoms with Crippen LogP contribution in [0.1, 0.15) is 18.2 Å². The van der Waals surface area contributed by atoms with Gasteiger partial charge in [-0.3, -0.25) is 0 Å². The molecule has 2 N–H and O–H groups in total. The van der Waals surface area contributed by atoms with E-state index in [0.29, 0.717) is 22.8 Å². The van der Waals surface area contributed by atoms with Crippen molar-refractivity contribution in [3.63, 3.8) is 0 Å². The van der Waals surface area contributed by atoms with Crippen molar-refractivity contribution >= 4 is 11.6 Å². The zero-order valence-corrected chi connectivity index (χ0v) is 13.3. The Morgan fingerprint density at radius 2 is 1.91 bits per heavy atom. The van der Waals surface area contributed by atoms with Gasteiger partial charge in [-0.25, -0.2) is 4.68 Å². The minimum atomic E-state index is -1.06. The zero-order chi connectivity index (χ0) is 16.4. The van der Waals surface area contributed by atoms with Crippen molar-refractivity contribution in [1.29, 1.82) is 0 Å². The van der Waals surface area contributed by atoms with E-state index < -0.39 is 5.60 Å². The van der Waals surface area contributed by atoms with E-state index in [9.17, 15) is 10.2 Å².